The van der Waals surface area contributed by atoms with Crippen LogP contribution in [0.3, 0.4) is 0 Å². The number of nitrogens with zero attached hydrogens (tertiary/aromatic N) is 1. The molecule has 0 saturated carbocycles. The molecule has 2 aromatic rings. The molecule has 3 nitrogen and oxygen atoms in total. The zero-order chi connectivity index (χ0) is 12.3. The lowest BCUT2D eigenvalue weighted by molar-refractivity contribution is 0.0473. The molecule has 0 fully saturated rings. The molecule has 0 aliphatic rings. The fraction of sp³-hybridized carbons (Fsp3) is 0.0909. The highest BCUT2D eigenvalue weighted by Crippen LogP contribution is 2.21. The first kappa shape index (κ1) is 12.5. The number of thiophene rings is 1. The first-order valence-corrected chi connectivity index (χ1v) is 6.72. The van der Waals surface area contributed by atoms with Gasteiger partial charge >= 0.3 is 5.97 Å². The zero-order valence-corrected chi connectivity index (χ0v) is 11.7. The van der Waals surface area contributed by atoms with Crippen LogP contribution in [-0.4, -0.2) is 11.0 Å². The van der Waals surface area contributed by atoms with Crippen molar-refractivity contribution in [1.29, 1.82) is 0 Å². The van der Waals surface area contributed by atoms with Crippen LogP contribution in [0.2, 0.25) is 5.15 Å². The van der Waals surface area contributed by atoms with Crippen molar-refractivity contribution in [2.75, 3.05) is 0 Å². The topological polar surface area (TPSA) is 39.2 Å². The van der Waals surface area contributed by atoms with Gasteiger partial charge in [0.2, 0.25) is 0 Å². The van der Waals surface area contributed by atoms with Gasteiger partial charge < -0.3 is 4.74 Å². The van der Waals surface area contributed by atoms with Gasteiger partial charge in [-0.1, -0.05) is 17.7 Å². The number of ether oxygens (including phenoxy) is 1. The maximum absolute atomic E-state index is 11.6. The van der Waals surface area contributed by atoms with Gasteiger partial charge in [0.15, 0.2) is 0 Å². The molecule has 0 radical (unpaired) electrons. The van der Waals surface area contributed by atoms with Gasteiger partial charge in [0.05, 0.1) is 9.35 Å². The number of hydrogen-bond donors (Lipinski definition) is 0. The summed E-state index contributed by atoms with van der Waals surface area (Å²) in [4.78, 5) is 15.5. The second kappa shape index (κ2) is 5.62. The predicted molar refractivity (Wildman–Crippen MR) is 70.4 cm³/mol. The third kappa shape index (κ3) is 3.52. The molecule has 17 heavy (non-hydrogen) atoms. The molecular formula is C11H7BrClNO2S. The summed E-state index contributed by atoms with van der Waals surface area (Å²) < 4.78 is 6.03. The van der Waals surface area contributed by atoms with Crippen molar-refractivity contribution in [3.63, 3.8) is 0 Å². The fourth-order valence-corrected chi connectivity index (χ4v) is 2.38. The predicted octanol–water partition coefficient (Wildman–Crippen LogP) is 3.92. The number of pyridine rings is 1. The van der Waals surface area contributed by atoms with Crippen molar-refractivity contribution in [1.82, 2.24) is 4.98 Å². The Morgan fingerprint density at radius 1 is 1.53 bits per heavy atom. The van der Waals surface area contributed by atoms with Crippen molar-refractivity contribution in [3.05, 3.63) is 49.8 Å². The van der Waals surface area contributed by atoms with Crippen molar-refractivity contribution < 1.29 is 9.53 Å². The third-order valence-corrected chi connectivity index (χ3v) is 3.69. The van der Waals surface area contributed by atoms with Gasteiger partial charge in [0.25, 0.3) is 0 Å². The van der Waals surface area contributed by atoms with Crippen LogP contribution in [-0.2, 0) is 11.3 Å². The highest BCUT2D eigenvalue weighted by molar-refractivity contribution is 9.11. The molecule has 0 saturated heterocycles. The van der Waals surface area contributed by atoms with E-state index in [1.807, 2.05) is 0 Å². The lowest BCUT2D eigenvalue weighted by Gasteiger charge is -2.02. The summed E-state index contributed by atoms with van der Waals surface area (Å²) in [6.45, 7) is 0.191. The van der Waals surface area contributed by atoms with E-state index < -0.39 is 0 Å². The second-order valence-electron chi connectivity index (χ2n) is 3.20. The van der Waals surface area contributed by atoms with E-state index in [2.05, 4.69) is 20.9 Å². The van der Waals surface area contributed by atoms with Crippen LogP contribution in [0.4, 0.5) is 0 Å². The Labute approximate surface area is 116 Å². The van der Waals surface area contributed by atoms with Gasteiger partial charge in [-0.25, -0.2) is 9.78 Å². The quantitative estimate of drug-likeness (QED) is 0.632. The molecule has 0 aliphatic heterocycles. The first-order chi connectivity index (χ1) is 8.15. The van der Waals surface area contributed by atoms with E-state index >= 15 is 0 Å². The highest BCUT2D eigenvalue weighted by atomic mass is 79.9. The zero-order valence-electron chi connectivity index (χ0n) is 8.52. The van der Waals surface area contributed by atoms with Gasteiger partial charge in [-0.3, -0.25) is 0 Å². The molecule has 0 bridgehead atoms. The normalized spacial score (nSPS) is 10.2. The molecule has 2 rings (SSSR count). The van der Waals surface area contributed by atoms with Gasteiger partial charge in [-0.15, -0.1) is 11.3 Å². The van der Waals surface area contributed by atoms with Crippen molar-refractivity contribution in [2.24, 2.45) is 0 Å². The van der Waals surface area contributed by atoms with Crippen LogP contribution < -0.4 is 0 Å². The molecule has 6 heteroatoms. The average Bonchev–Trinajstić information content (AvgIpc) is 2.75. The summed E-state index contributed by atoms with van der Waals surface area (Å²) in [7, 11) is 0. The van der Waals surface area contributed by atoms with E-state index in [1.54, 1.807) is 29.8 Å². The van der Waals surface area contributed by atoms with Gasteiger partial charge in [0, 0.05) is 17.1 Å². The lowest BCUT2D eigenvalue weighted by Crippen LogP contribution is -2.03. The summed E-state index contributed by atoms with van der Waals surface area (Å²) >= 11 is 10.4. The minimum absolute atomic E-state index is 0.191. The standard InChI is InChI=1S/C11H7BrClNO2S/c12-9-3-8(6-17-9)11(15)16-5-7-1-2-10(13)14-4-7/h1-4,6H,5H2. The van der Waals surface area contributed by atoms with Gasteiger partial charge in [0.1, 0.15) is 11.8 Å². The minimum Gasteiger partial charge on any atom is -0.457 e. The number of esters is 1. The molecular weight excluding hydrogens is 326 g/mol. The smallest absolute Gasteiger partial charge is 0.339 e. The second-order valence-corrected chi connectivity index (χ2v) is 5.88. The van der Waals surface area contributed by atoms with Crippen molar-refractivity contribution in [3.8, 4) is 0 Å². The molecule has 0 aromatic carbocycles. The Morgan fingerprint density at radius 2 is 2.35 bits per heavy atom. The molecule has 0 atom stereocenters. The van der Waals surface area contributed by atoms with Gasteiger partial charge in [-0.2, -0.15) is 0 Å². The van der Waals surface area contributed by atoms with Crippen molar-refractivity contribution in [2.45, 2.75) is 6.61 Å². The number of aromatic nitrogens is 1. The number of carbonyl (C=O) groups excluding carboxylic acids is 1. The van der Waals surface area contributed by atoms with E-state index in [1.165, 1.54) is 11.3 Å². The molecule has 2 heterocycles. The lowest BCUT2D eigenvalue weighted by atomic mass is 10.3. The van der Waals surface area contributed by atoms with E-state index in [9.17, 15) is 4.79 Å². The molecule has 0 unspecified atom stereocenters. The Kier molecular flexibility index (Phi) is 4.15. The summed E-state index contributed by atoms with van der Waals surface area (Å²) in [5.74, 6) is -0.345. The Balaban J connectivity index is 1.94. The van der Waals surface area contributed by atoms with E-state index in [4.69, 9.17) is 16.3 Å². The van der Waals surface area contributed by atoms with E-state index in [0.29, 0.717) is 10.7 Å². The van der Waals surface area contributed by atoms with Crippen LogP contribution in [0.1, 0.15) is 15.9 Å². The third-order valence-electron chi connectivity index (χ3n) is 1.96. The maximum atomic E-state index is 11.6. The Hall–Kier alpha value is -0.910. The number of hydrogen-bond acceptors (Lipinski definition) is 4. The van der Waals surface area contributed by atoms with Crippen LogP contribution in [0.25, 0.3) is 0 Å². The molecule has 0 spiro atoms. The number of halogens is 2. The maximum Gasteiger partial charge on any atom is 0.339 e. The highest BCUT2D eigenvalue weighted by Gasteiger charge is 2.09. The summed E-state index contributed by atoms with van der Waals surface area (Å²) in [5, 5.41) is 2.16. The average molecular weight is 333 g/mol. The number of rotatable bonds is 3. The Bertz CT molecular complexity index is 527. The summed E-state index contributed by atoms with van der Waals surface area (Å²) in [5.41, 5.74) is 1.35. The first-order valence-electron chi connectivity index (χ1n) is 4.67. The minimum atomic E-state index is -0.345. The number of carbonyl (C=O) groups is 1. The molecule has 88 valence electrons. The van der Waals surface area contributed by atoms with Crippen LogP contribution in [0.5, 0.6) is 0 Å². The molecule has 0 amide bonds. The molecule has 0 aliphatic carbocycles. The van der Waals surface area contributed by atoms with Crippen LogP contribution in [0, 0.1) is 0 Å². The molecule has 0 N–H and O–H groups in total. The summed E-state index contributed by atoms with van der Waals surface area (Å²) in [6, 6.07) is 5.16. The Morgan fingerprint density at radius 3 is 2.94 bits per heavy atom. The fourth-order valence-electron chi connectivity index (χ4n) is 1.14. The molecule has 2 aromatic heterocycles. The van der Waals surface area contributed by atoms with Crippen LogP contribution in [0.15, 0.2) is 33.6 Å². The van der Waals surface area contributed by atoms with Crippen molar-refractivity contribution >= 4 is 44.8 Å². The van der Waals surface area contributed by atoms with E-state index in [-0.39, 0.29) is 12.6 Å². The van der Waals surface area contributed by atoms with Gasteiger partial charge in [-0.05, 0) is 28.1 Å². The SMILES string of the molecule is O=C(OCc1ccc(Cl)nc1)c1csc(Br)c1. The monoisotopic (exact) mass is 331 g/mol. The summed E-state index contributed by atoms with van der Waals surface area (Å²) in [6.07, 6.45) is 1.58. The van der Waals surface area contributed by atoms with Crippen LogP contribution >= 0.6 is 38.9 Å². The van der Waals surface area contributed by atoms with E-state index in [0.717, 1.165) is 9.35 Å². The largest absolute Gasteiger partial charge is 0.457 e.